The number of nitrogens with one attached hydrogen (secondary N) is 1. The van der Waals surface area contributed by atoms with Crippen LogP contribution in [-0.4, -0.2) is 28.4 Å². The van der Waals surface area contributed by atoms with E-state index in [1.165, 1.54) is 19.1 Å². The van der Waals surface area contributed by atoms with Gasteiger partial charge in [-0.15, -0.1) is 0 Å². The van der Waals surface area contributed by atoms with Crippen molar-refractivity contribution in [1.82, 2.24) is 0 Å². The van der Waals surface area contributed by atoms with Gasteiger partial charge < -0.3 is 10.1 Å². The van der Waals surface area contributed by atoms with Crippen molar-refractivity contribution in [3.63, 3.8) is 0 Å². The van der Waals surface area contributed by atoms with Crippen molar-refractivity contribution in [3.05, 3.63) is 58.1 Å². The number of carbonyl (C=O) groups is 2. The molecule has 2 aromatic rings. The van der Waals surface area contributed by atoms with Crippen LogP contribution in [0.3, 0.4) is 0 Å². The smallest absolute Gasteiger partial charge is 0.338 e. The normalized spacial score (nSPS) is 13.0. The van der Waals surface area contributed by atoms with Gasteiger partial charge in [0.05, 0.1) is 21.3 Å². The van der Waals surface area contributed by atoms with Crippen LogP contribution in [0.25, 0.3) is 0 Å². The third kappa shape index (κ3) is 5.04. The van der Waals surface area contributed by atoms with Crippen molar-refractivity contribution >= 4 is 51.6 Å². The highest BCUT2D eigenvalue weighted by Crippen LogP contribution is 2.29. The second kappa shape index (κ2) is 8.47. The first kappa shape index (κ1) is 19.4. The molecule has 2 unspecified atom stereocenters. The standard InChI is InChI=1S/C17H15Cl2NO4S/c1-10(16(21)20-14-5-3-4-13(18)15(14)19)24-17(22)11-6-8-12(9-7-11)25(2)23/h3-10H,1-2H3,(H,20,21). The first-order valence-electron chi connectivity index (χ1n) is 7.19. The van der Waals surface area contributed by atoms with Crippen molar-refractivity contribution in [2.75, 3.05) is 11.6 Å². The van der Waals surface area contributed by atoms with E-state index in [2.05, 4.69) is 5.32 Å². The van der Waals surface area contributed by atoms with Crippen molar-refractivity contribution in [3.8, 4) is 0 Å². The van der Waals surface area contributed by atoms with Crippen LogP contribution in [0, 0.1) is 0 Å². The molecule has 0 aliphatic heterocycles. The van der Waals surface area contributed by atoms with Crippen LogP contribution < -0.4 is 5.32 Å². The molecule has 0 bridgehead atoms. The van der Waals surface area contributed by atoms with Gasteiger partial charge in [-0.2, -0.15) is 0 Å². The van der Waals surface area contributed by atoms with Gasteiger partial charge in [-0.05, 0) is 43.3 Å². The Morgan fingerprint density at radius 3 is 2.36 bits per heavy atom. The van der Waals surface area contributed by atoms with Gasteiger partial charge >= 0.3 is 5.97 Å². The van der Waals surface area contributed by atoms with Crippen molar-refractivity contribution in [1.29, 1.82) is 0 Å². The average Bonchev–Trinajstić information content (AvgIpc) is 2.58. The third-order valence-corrected chi connectivity index (χ3v) is 5.04. The zero-order chi connectivity index (χ0) is 18.6. The Balaban J connectivity index is 2.01. The highest BCUT2D eigenvalue weighted by atomic mass is 35.5. The van der Waals surface area contributed by atoms with Gasteiger partial charge in [0.2, 0.25) is 0 Å². The number of amides is 1. The molecular weight excluding hydrogens is 385 g/mol. The van der Waals surface area contributed by atoms with Crippen molar-refractivity contribution < 1.29 is 18.5 Å². The van der Waals surface area contributed by atoms with Crippen LogP contribution in [0.2, 0.25) is 10.0 Å². The van der Waals surface area contributed by atoms with E-state index in [9.17, 15) is 13.8 Å². The molecule has 0 saturated heterocycles. The fraction of sp³-hybridized carbons (Fsp3) is 0.176. The number of rotatable bonds is 5. The third-order valence-electron chi connectivity index (χ3n) is 3.28. The Labute approximate surface area is 157 Å². The summed E-state index contributed by atoms with van der Waals surface area (Å²) in [4.78, 5) is 24.8. The fourth-order valence-electron chi connectivity index (χ4n) is 1.90. The van der Waals surface area contributed by atoms with Gasteiger partial charge in [0, 0.05) is 22.0 Å². The molecule has 5 nitrogen and oxygen atoms in total. The van der Waals surface area contributed by atoms with Crippen LogP contribution in [0.1, 0.15) is 17.3 Å². The lowest BCUT2D eigenvalue weighted by Crippen LogP contribution is -2.30. The van der Waals surface area contributed by atoms with Gasteiger partial charge in [-0.3, -0.25) is 9.00 Å². The summed E-state index contributed by atoms with van der Waals surface area (Å²) < 4.78 is 16.5. The van der Waals surface area contributed by atoms with Crippen molar-refractivity contribution in [2.45, 2.75) is 17.9 Å². The number of ether oxygens (including phenoxy) is 1. The predicted molar refractivity (Wildman–Crippen MR) is 98.7 cm³/mol. The minimum absolute atomic E-state index is 0.208. The summed E-state index contributed by atoms with van der Waals surface area (Å²) in [5, 5.41) is 3.07. The Morgan fingerprint density at radius 1 is 1.12 bits per heavy atom. The van der Waals surface area contributed by atoms with E-state index < -0.39 is 28.8 Å². The number of benzene rings is 2. The quantitative estimate of drug-likeness (QED) is 0.773. The lowest BCUT2D eigenvalue weighted by Gasteiger charge is -2.14. The number of halogens is 2. The zero-order valence-corrected chi connectivity index (χ0v) is 15.7. The van der Waals surface area contributed by atoms with Gasteiger partial charge in [-0.25, -0.2) is 4.79 Å². The first-order valence-corrected chi connectivity index (χ1v) is 9.50. The summed E-state index contributed by atoms with van der Waals surface area (Å²) in [7, 11) is -1.13. The summed E-state index contributed by atoms with van der Waals surface area (Å²) in [5.41, 5.74) is 0.589. The lowest BCUT2D eigenvalue weighted by atomic mass is 10.2. The van der Waals surface area contributed by atoms with Crippen LogP contribution in [0.15, 0.2) is 47.4 Å². The topological polar surface area (TPSA) is 72.5 Å². The van der Waals surface area contributed by atoms with E-state index in [0.717, 1.165) is 0 Å². The molecule has 0 aliphatic rings. The molecule has 1 N–H and O–H groups in total. The molecule has 132 valence electrons. The second-order valence-electron chi connectivity index (χ2n) is 5.12. The van der Waals surface area contributed by atoms with E-state index in [-0.39, 0.29) is 10.6 Å². The highest BCUT2D eigenvalue weighted by molar-refractivity contribution is 7.84. The molecule has 8 heteroatoms. The Kier molecular flexibility index (Phi) is 6.58. The first-order chi connectivity index (χ1) is 11.8. The van der Waals surface area contributed by atoms with Gasteiger partial charge in [0.15, 0.2) is 6.10 Å². The van der Waals surface area contributed by atoms with Crippen molar-refractivity contribution in [2.24, 2.45) is 0 Å². The molecule has 1 amide bonds. The Hall–Kier alpha value is -1.89. The summed E-state index contributed by atoms with van der Waals surface area (Å²) in [6.45, 7) is 1.45. The zero-order valence-electron chi connectivity index (χ0n) is 13.4. The number of hydrogen-bond donors (Lipinski definition) is 1. The van der Waals surface area contributed by atoms with Crippen LogP contribution in [0.4, 0.5) is 5.69 Å². The molecule has 2 aromatic carbocycles. The van der Waals surface area contributed by atoms with Crippen LogP contribution in [0.5, 0.6) is 0 Å². The molecule has 2 rings (SSSR count). The number of carbonyl (C=O) groups excluding carboxylic acids is 2. The molecule has 25 heavy (non-hydrogen) atoms. The van der Waals surface area contributed by atoms with E-state index in [1.807, 2.05) is 0 Å². The second-order valence-corrected chi connectivity index (χ2v) is 7.28. The maximum absolute atomic E-state index is 12.2. The van der Waals surface area contributed by atoms with Crippen LogP contribution in [-0.2, 0) is 20.3 Å². The van der Waals surface area contributed by atoms with Gasteiger partial charge in [-0.1, -0.05) is 29.3 Å². The summed E-state index contributed by atoms with van der Waals surface area (Å²) >= 11 is 11.9. The molecule has 0 heterocycles. The lowest BCUT2D eigenvalue weighted by molar-refractivity contribution is -0.123. The average molecular weight is 400 g/mol. The Bertz CT molecular complexity index is 824. The molecule has 0 aromatic heterocycles. The number of esters is 1. The van der Waals surface area contributed by atoms with Gasteiger partial charge in [0.25, 0.3) is 5.91 Å². The van der Waals surface area contributed by atoms with Crippen LogP contribution >= 0.6 is 23.2 Å². The molecule has 0 fully saturated rings. The molecule has 0 aliphatic carbocycles. The SMILES string of the molecule is CC(OC(=O)c1ccc(S(C)=O)cc1)C(=O)Nc1cccc(Cl)c1Cl. The maximum atomic E-state index is 12.2. The molecule has 2 atom stereocenters. The molecule has 0 spiro atoms. The minimum Gasteiger partial charge on any atom is -0.449 e. The summed E-state index contributed by atoms with van der Waals surface area (Å²) in [6.07, 6.45) is 0.503. The predicted octanol–water partition coefficient (Wildman–Crippen LogP) is 3.91. The van der Waals surface area contributed by atoms with Gasteiger partial charge in [0.1, 0.15) is 0 Å². The van der Waals surface area contributed by atoms with E-state index in [1.54, 1.807) is 36.6 Å². The fourth-order valence-corrected chi connectivity index (χ4v) is 2.77. The highest BCUT2D eigenvalue weighted by Gasteiger charge is 2.20. The maximum Gasteiger partial charge on any atom is 0.338 e. The molecular formula is C17H15Cl2NO4S. The molecule has 0 radical (unpaired) electrons. The summed E-state index contributed by atoms with van der Waals surface area (Å²) in [6, 6.07) is 11.0. The van der Waals surface area contributed by atoms with E-state index in [0.29, 0.717) is 15.6 Å². The molecule has 0 saturated carbocycles. The summed E-state index contributed by atoms with van der Waals surface area (Å²) in [5.74, 6) is -1.20. The largest absolute Gasteiger partial charge is 0.449 e. The van der Waals surface area contributed by atoms with E-state index >= 15 is 0 Å². The van der Waals surface area contributed by atoms with E-state index in [4.69, 9.17) is 27.9 Å². The minimum atomic E-state index is -1.13. The monoisotopic (exact) mass is 399 g/mol. The number of hydrogen-bond acceptors (Lipinski definition) is 4. The number of anilines is 1. The Morgan fingerprint density at radius 2 is 1.76 bits per heavy atom.